The Kier molecular flexibility index (Phi) is 4.64. The second-order valence-electron chi connectivity index (χ2n) is 6.17. The summed E-state index contributed by atoms with van der Waals surface area (Å²) in [6.45, 7) is 1.75. The van der Waals surface area contributed by atoms with Gasteiger partial charge in [0.1, 0.15) is 16.9 Å². The van der Waals surface area contributed by atoms with Gasteiger partial charge in [0.05, 0.1) is 20.4 Å². The number of nitrogens with one attached hydrogen (secondary N) is 1. The molecule has 7 nitrogen and oxygen atoms in total. The monoisotopic (exact) mass is 440 g/mol. The zero-order valence-electron chi connectivity index (χ0n) is 15.5. The van der Waals surface area contributed by atoms with E-state index in [9.17, 15) is 4.79 Å². The lowest BCUT2D eigenvalue weighted by atomic mass is 10.2. The molecule has 0 saturated heterocycles. The molecule has 0 fully saturated rings. The van der Waals surface area contributed by atoms with Crippen LogP contribution in [-0.4, -0.2) is 35.1 Å². The molecule has 0 unspecified atom stereocenters. The molecule has 0 amide bonds. The molecule has 4 aromatic rings. The van der Waals surface area contributed by atoms with E-state index in [4.69, 9.17) is 9.47 Å². The van der Waals surface area contributed by atoms with Crippen LogP contribution in [0.25, 0.3) is 21.9 Å². The quantitative estimate of drug-likeness (QED) is 0.488. The highest BCUT2D eigenvalue weighted by molar-refractivity contribution is 9.10. The molecule has 0 bridgehead atoms. The summed E-state index contributed by atoms with van der Waals surface area (Å²) in [7, 11) is 3.15. The predicted molar refractivity (Wildman–Crippen MR) is 113 cm³/mol. The van der Waals surface area contributed by atoms with Crippen molar-refractivity contribution in [1.29, 1.82) is 0 Å². The fraction of sp³-hybridized carbons (Fsp3) is 0.150. The molecule has 2 aromatic heterocycles. The average Bonchev–Trinajstić information content (AvgIpc) is 3.05. The Morgan fingerprint density at radius 1 is 1.14 bits per heavy atom. The van der Waals surface area contributed by atoms with Gasteiger partial charge in [-0.1, -0.05) is 15.9 Å². The summed E-state index contributed by atoms with van der Waals surface area (Å²) in [5.41, 5.74) is 2.42. The van der Waals surface area contributed by atoms with Crippen molar-refractivity contribution in [2.75, 3.05) is 14.2 Å². The SMILES string of the molecule is COc1ccc(C=Nn2c(C)nc3c([nH]c4ccc(Br)cc43)c2=O)cc1OC. The standard InChI is InChI=1S/C20H17BrN4O3/c1-11-23-18-14-9-13(21)5-6-15(14)24-19(18)20(26)25(11)22-10-12-4-7-16(27-2)17(8-12)28-3/h4-10,24H,1-3H3. The number of aryl methyl sites for hydroxylation is 1. The molecule has 0 spiro atoms. The first-order valence-electron chi connectivity index (χ1n) is 8.49. The van der Waals surface area contributed by atoms with Crippen molar-refractivity contribution in [2.24, 2.45) is 5.10 Å². The molecule has 2 heterocycles. The topological polar surface area (TPSA) is 81.5 Å². The Morgan fingerprint density at radius 3 is 2.68 bits per heavy atom. The number of halogens is 1. The van der Waals surface area contributed by atoms with Crippen LogP contribution in [0.5, 0.6) is 11.5 Å². The molecule has 0 atom stereocenters. The highest BCUT2D eigenvalue weighted by Gasteiger charge is 2.13. The first kappa shape index (κ1) is 18.2. The van der Waals surface area contributed by atoms with E-state index in [1.54, 1.807) is 39.5 Å². The number of hydrogen-bond donors (Lipinski definition) is 1. The van der Waals surface area contributed by atoms with Crippen LogP contribution in [0.1, 0.15) is 11.4 Å². The Labute approximate surface area is 168 Å². The Morgan fingerprint density at radius 2 is 1.93 bits per heavy atom. The summed E-state index contributed by atoms with van der Waals surface area (Å²) < 4.78 is 12.7. The molecule has 4 rings (SSSR count). The molecular formula is C20H17BrN4O3. The molecule has 0 aliphatic heterocycles. The zero-order chi connectivity index (χ0) is 19.8. The normalized spacial score (nSPS) is 11.6. The lowest BCUT2D eigenvalue weighted by molar-refractivity contribution is 0.355. The van der Waals surface area contributed by atoms with Gasteiger partial charge in [-0.3, -0.25) is 4.79 Å². The van der Waals surface area contributed by atoms with Crippen LogP contribution in [0.4, 0.5) is 0 Å². The van der Waals surface area contributed by atoms with Gasteiger partial charge in [-0.05, 0) is 48.9 Å². The average molecular weight is 441 g/mol. The van der Waals surface area contributed by atoms with Gasteiger partial charge in [0.25, 0.3) is 5.56 Å². The van der Waals surface area contributed by atoms with E-state index in [0.29, 0.717) is 28.4 Å². The van der Waals surface area contributed by atoms with Crippen molar-refractivity contribution >= 4 is 44.1 Å². The minimum absolute atomic E-state index is 0.258. The summed E-state index contributed by atoms with van der Waals surface area (Å²) >= 11 is 3.46. The van der Waals surface area contributed by atoms with Gasteiger partial charge in [-0.15, -0.1) is 0 Å². The Bertz CT molecular complexity index is 1290. The van der Waals surface area contributed by atoms with Gasteiger partial charge in [0.2, 0.25) is 0 Å². The number of fused-ring (bicyclic) bond motifs is 3. The van der Waals surface area contributed by atoms with E-state index < -0.39 is 0 Å². The van der Waals surface area contributed by atoms with Crippen molar-refractivity contribution in [3.63, 3.8) is 0 Å². The Balaban J connectivity index is 1.82. The van der Waals surface area contributed by atoms with Crippen LogP contribution in [0.2, 0.25) is 0 Å². The fourth-order valence-electron chi connectivity index (χ4n) is 3.08. The summed E-state index contributed by atoms with van der Waals surface area (Å²) in [6, 6.07) is 11.2. The third-order valence-electron chi connectivity index (χ3n) is 4.45. The summed E-state index contributed by atoms with van der Waals surface area (Å²) in [4.78, 5) is 20.7. The third kappa shape index (κ3) is 3.05. The number of rotatable bonds is 4. The second kappa shape index (κ2) is 7.12. The highest BCUT2D eigenvalue weighted by atomic mass is 79.9. The van der Waals surface area contributed by atoms with Crippen LogP contribution in [0.3, 0.4) is 0 Å². The predicted octanol–water partition coefficient (Wildman–Crippen LogP) is 3.85. The van der Waals surface area contributed by atoms with Crippen LogP contribution >= 0.6 is 15.9 Å². The molecular weight excluding hydrogens is 424 g/mol. The van der Waals surface area contributed by atoms with Gasteiger partial charge in [-0.25, -0.2) is 4.98 Å². The van der Waals surface area contributed by atoms with Crippen LogP contribution in [0, 0.1) is 6.92 Å². The fourth-order valence-corrected chi connectivity index (χ4v) is 3.44. The maximum absolute atomic E-state index is 13.0. The molecule has 0 saturated carbocycles. The minimum Gasteiger partial charge on any atom is -0.493 e. The van der Waals surface area contributed by atoms with Crippen molar-refractivity contribution in [3.8, 4) is 11.5 Å². The molecule has 8 heteroatoms. The molecule has 0 aliphatic rings. The van der Waals surface area contributed by atoms with Gasteiger partial charge in [0.15, 0.2) is 11.5 Å². The summed E-state index contributed by atoms with van der Waals surface area (Å²) in [6.07, 6.45) is 1.59. The van der Waals surface area contributed by atoms with Gasteiger partial charge >= 0.3 is 0 Å². The molecule has 28 heavy (non-hydrogen) atoms. The number of methoxy groups -OCH3 is 2. The largest absolute Gasteiger partial charge is 0.493 e. The van der Waals surface area contributed by atoms with Crippen molar-refractivity contribution in [2.45, 2.75) is 6.92 Å². The van der Waals surface area contributed by atoms with E-state index in [0.717, 1.165) is 20.9 Å². The number of benzene rings is 2. The number of aromatic amines is 1. The third-order valence-corrected chi connectivity index (χ3v) is 4.94. The molecule has 0 aliphatic carbocycles. The molecule has 1 N–H and O–H groups in total. The van der Waals surface area contributed by atoms with Crippen LogP contribution < -0.4 is 15.0 Å². The van der Waals surface area contributed by atoms with Crippen molar-refractivity contribution in [3.05, 3.63) is 62.6 Å². The number of aromatic nitrogens is 3. The summed E-state index contributed by atoms with van der Waals surface area (Å²) in [5, 5.41) is 5.22. The van der Waals surface area contributed by atoms with E-state index in [1.807, 2.05) is 24.3 Å². The number of H-pyrrole nitrogens is 1. The lowest BCUT2D eigenvalue weighted by Gasteiger charge is -2.07. The minimum atomic E-state index is -0.258. The van der Waals surface area contributed by atoms with Crippen molar-refractivity contribution < 1.29 is 9.47 Å². The Hall–Kier alpha value is -3.13. The van der Waals surface area contributed by atoms with E-state index >= 15 is 0 Å². The molecule has 2 aromatic carbocycles. The second-order valence-corrected chi connectivity index (χ2v) is 7.09. The van der Waals surface area contributed by atoms with Gasteiger partial charge in [0, 0.05) is 15.4 Å². The number of hydrogen-bond acceptors (Lipinski definition) is 5. The van der Waals surface area contributed by atoms with Crippen LogP contribution in [0.15, 0.2) is 50.8 Å². The lowest BCUT2D eigenvalue weighted by Crippen LogP contribution is -2.20. The maximum atomic E-state index is 13.0. The number of ether oxygens (including phenoxy) is 2. The van der Waals surface area contributed by atoms with Gasteiger partial charge in [-0.2, -0.15) is 9.78 Å². The number of nitrogens with zero attached hydrogens (tertiary/aromatic N) is 3. The van der Waals surface area contributed by atoms with E-state index in [-0.39, 0.29) is 5.56 Å². The van der Waals surface area contributed by atoms with E-state index in [1.165, 1.54) is 4.68 Å². The van der Waals surface area contributed by atoms with Crippen LogP contribution in [-0.2, 0) is 0 Å². The van der Waals surface area contributed by atoms with Crippen molar-refractivity contribution in [1.82, 2.24) is 14.6 Å². The molecule has 0 radical (unpaired) electrons. The zero-order valence-corrected chi connectivity index (χ0v) is 17.1. The molecule has 142 valence electrons. The first-order valence-corrected chi connectivity index (χ1v) is 9.28. The van der Waals surface area contributed by atoms with E-state index in [2.05, 4.69) is 31.0 Å². The first-order chi connectivity index (χ1) is 13.5. The summed E-state index contributed by atoms with van der Waals surface area (Å²) in [5.74, 6) is 1.71. The van der Waals surface area contributed by atoms with Gasteiger partial charge < -0.3 is 14.5 Å². The highest BCUT2D eigenvalue weighted by Crippen LogP contribution is 2.27. The smallest absolute Gasteiger partial charge is 0.298 e. The maximum Gasteiger partial charge on any atom is 0.298 e.